The van der Waals surface area contributed by atoms with E-state index in [4.69, 9.17) is 14.6 Å². The van der Waals surface area contributed by atoms with Gasteiger partial charge in [0.05, 0.1) is 24.0 Å². The second-order valence-corrected chi connectivity index (χ2v) is 12.0. The fraction of sp³-hybridized carbons (Fsp3) is 0.545. The van der Waals surface area contributed by atoms with Crippen molar-refractivity contribution < 1.29 is 29.0 Å². The normalized spacial score (nSPS) is 29.4. The summed E-state index contributed by atoms with van der Waals surface area (Å²) in [6, 6.07) is 16.0. The van der Waals surface area contributed by atoms with Crippen LogP contribution >= 0.6 is 0 Å². The van der Waals surface area contributed by atoms with Crippen LogP contribution in [0, 0.1) is 17.8 Å². The molecule has 2 aromatic carbocycles. The van der Waals surface area contributed by atoms with Crippen LogP contribution in [-0.2, 0) is 25.7 Å². The third-order valence-corrected chi connectivity index (χ3v) is 9.39. The lowest BCUT2D eigenvalue weighted by atomic mass is 9.62. The molecule has 3 fully saturated rings. The first-order chi connectivity index (χ1) is 20.2. The van der Waals surface area contributed by atoms with Crippen LogP contribution in [0.1, 0.15) is 58.4 Å². The first-order valence-electron chi connectivity index (χ1n) is 15.2. The summed E-state index contributed by atoms with van der Waals surface area (Å²) in [7, 11) is 0. The Morgan fingerprint density at radius 1 is 1.05 bits per heavy atom. The smallest absolute Gasteiger partial charge is 0.246 e. The van der Waals surface area contributed by atoms with Gasteiger partial charge < -0.3 is 30.1 Å². The first-order valence-corrected chi connectivity index (χ1v) is 15.2. The van der Waals surface area contributed by atoms with Gasteiger partial charge in [0.15, 0.2) is 0 Å². The molecule has 0 aromatic heterocycles. The van der Waals surface area contributed by atoms with E-state index in [-0.39, 0.29) is 30.2 Å². The third kappa shape index (κ3) is 5.40. The number of rotatable bonds is 13. The van der Waals surface area contributed by atoms with Gasteiger partial charge in [-0.1, -0.05) is 50.1 Å². The monoisotopic (exact) mass is 577 g/mol. The summed E-state index contributed by atoms with van der Waals surface area (Å²) in [5.74, 6) is -1.56. The number of likely N-dealkylation sites (tertiary alicyclic amines) is 1. The molecular weight excluding hydrogens is 534 g/mol. The number of hydrogen-bond donors (Lipinski definition) is 3. The number of aliphatic hydroxyl groups is 1. The van der Waals surface area contributed by atoms with Crippen molar-refractivity contribution in [3.8, 4) is 5.75 Å². The van der Waals surface area contributed by atoms with Gasteiger partial charge in [-0.3, -0.25) is 14.4 Å². The topological polar surface area (TPSA) is 117 Å². The first kappa shape index (κ1) is 30.0. The van der Waals surface area contributed by atoms with Gasteiger partial charge in [-0.25, -0.2) is 0 Å². The molecule has 3 N–H and O–H groups in total. The van der Waals surface area contributed by atoms with E-state index in [2.05, 4.69) is 10.6 Å². The van der Waals surface area contributed by atoms with Crippen LogP contribution in [0.25, 0.3) is 0 Å². The van der Waals surface area contributed by atoms with Gasteiger partial charge in [0.2, 0.25) is 17.7 Å². The van der Waals surface area contributed by atoms with Crippen LogP contribution in [0.15, 0.2) is 54.6 Å². The summed E-state index contributed by atoms with van der Waals surface area (Å²) < 4.78 is 12.3. The van der Waals surface area contributed by atoms with Crippen LogP contribution in [0.3, 0.4) is 0 Å². The molecule has 5 rings (SSSR count). The molecule has 226 valence electrons. The van der Waals surface area contributed by atoms with E-state index in [1.54, 1.807) is 29.2 Å². The number of unbranched alkanes of at least 4 members (excludes halogenated alkanes) is 3. The quantitative estimate of drug-likeness (QED) is 0.311. The highest BCUT2D eigenvalue weighted by molar-refractivity contribution is 6.02. The molecule has 3 unspecified atom stereocenters. The van der Waals surface area contributed by atoms with E-state index in [1.807, 2.05) is 51.1 Å². The molecule has 9 nitrogen and oxygen atoms in total. The summed E-state index contributed by atoms with van der Waals surface area (Å²) in [6.45, 7) is 7.28. The number of ether oxygens (including phenoxy) is 2. The van der Waals surface area contributed by atoms with E-state index in [9.17, 15) is 14.4 Å². The maximum atomic E-state index is 14.2. The van der Waals surface area contributed by atoms with Crippen molar-refractivity contribution in [3.05, 3.63) is 60.2 Å². The third-order valence-electron chi connectivity index (χ3n) is 9.39. The summed E-state index contributed by atoms with van der Waals surface area (Å²) in [4.78, 5) is 43.8. The average Bonchev–Trinajstić information content (AvgIpc) is 3.49. The maximum Gasteiger partial charge on any atom is 0.246 e. The van der Waals surface area contributed by atoms with Crippen molar-refractivity contribution in [2.75, 3.05) is 25.1 Å². The van der Waals surface area contributed by atoms with Crippen molar-refractivity contribution in [2.45, 2.75) is 76.7 Å². The molecule has 3 heterocycles. The number of hydrogen-bond acceptors (Lipinski definition) is 6. The van der Waals surface area contributed by atoms with Crippen LogP contribution in [0.5, 0.6) is 5.75 Å². The van der Waals surface area contributed by atoms with E-state index in [0.29, 0.717) is 50.4 Å². The SMILES string of the molecule is CCOc1ccc(NC(=O)[C@H]2[C@H]3C(=O)N(CCCCCCO)C(C(=O)NCc4ccccc4)C34CC(C)[C@]2(C)O4)cc1. The predicted molar refractivity (Wildman–Crippen MR) is 159 cm³/mol. The minimum Gasteiger partial charge on any atom is -0.494 e. The average molecular weight is 578 g/mol. The van der Waals surface area contributed by atoms with Gasteiger partial charge in [-0.2, -0.15) is 0 Å². The lowest BCUT2D eigenvalue weighted by Gasteiger charge is -2.36. The van der Waals surface area contributed by atoms with Gasteiger partial charge >= 0.3 is 0 Å². The molecule has 2 bridgehead atoms. The lowest BCUT2D eigenvalue weighted by Crippen LogP contribution is -2.55. The fourth-order valence-electron chi connectivity index (χ4n) is 7.33. The van der Waals surface area contributed by atoms with Crippen LogP contribution in [0.4, 0.5) is 5.69 Å². The highest BCUT2D eigenvalue weighted by Gasteiger charge is 2.79. The zero-order valence-electron chi connectivity index (χ0n) is 24.8. The number of anilines is 1. The lowest BCUT2D eigenvalue weighted by molar-refractivity contribution is -0.146. The molecule has 3 saturated heterocycles. The van der Waals surface area contributed by atoms with Crippen LogP contribution in [-0.4, -0.2) is 64.7 Å². The Balaban J connectivity index is 1.42. The zero-order valence-corrected chi connectivity index (χ0v) is 24.8. The predicted octanol–water partition coefficient (Wildman–Crippen LogP) is 3.90. The van der Waals surface area contributed by atoms with E-state index >= 15 is 0 Å². The number of amides is 3. The van der Waals surface area contributed by atoms with Gasteiger partial charge in [-0.15, -0.1) is 0 Å². The molecule has 3 amide bonds. The van der Waals surface area contributed by atoms with Gasteiger partial charge in [0, 0.05) is 25.4 Å². The standard InChI is InChI=1S/C33H43N3O6/c1-4-41-25-16-14-24(15-17-25)35-29(38)26-27-31(40)36(18-10-5-6-11-19-37)28(33(27)20-22(2)32(26,3)42-33)30(39)34-21-23-12-8-7-9-13-23/h7-9,12-17,22,26-28,37H,4-6,10-11,18-21H2,1-3H3,(H,34,39)(H,35,38)/t22?,26-,27+,28?,32+,33?/m1/s1. The van der Waals surface area contributed by atoms with E-state index < -0.39 is 29.1 Å². The molecule has 0 radical (unpaired) electrons. The van der Waals surface area contributed by atoms with Crippen molar-refractivity contribution in [3.63, 3.8) is 0 Å². The molecule has 0 saturated carbocycles. The summed E-state index contributed by atoms with van der Waals surface area (Å²) >= 11 is 0. The number of aliphatic hydroxyl groups excluding tert-OH is 1. The highest BCUT2D eigenvalue weighted by atomic mass is 16.5. The molecule has 2 aromatic rings. The fourth-order valence-corrected chi connectivity index (χ4v) is 7.33. The molecule has 1 spiro atoms. The number of benzene rings is 2. The second kappa shape index (κ2) is 12.4. The number of nitrogens with zero attached hydrogens (tertiary/aromatic N) is 1. The Hall–Kier alpha value is -3.43. The Morgan fingerprint density at radius 3 is 2.45 bits per heavy atom. The van der Waals surface area contributed by atoms with Crippen molar-refractivity contribution in [1.29, 1.82) is 0 Å². The summed E-state index contributed by atoms with van der Waals surface area (Å²) in [5, 5.41) is 15.2. The van der Waals surface area contributed by atoms with Crippen LogP contribution in [0.2, 0.25) is 0 Å². The Kier molecular flexibility index (Phi) is 8.89. The zero-order chi connectivity index (χ0) is 29.9. The Bertz CT molecular complexity index is 1270. The van der Waals surface area contributed by atoms with Gasteiger partial charge in [-0.05, 0) is 68.9 Å². The Morgan fingerprint density at radius 2 is 1.76 bits per heavy atom. The maximum absolute atomic E-state index is 14.2. The minimum atomic E-state index is -1.09. The molecule has 9 heteroatoms. The minimum absolute atomic E-state index is 0.0356. The highest BCUT2D eigenvalue weighted by Crippen LogP contribution is 2.65. The molecule has 3 aliphatic rings. The van der Waals surface area contributed by atoms with Crippen molar-refractivity contribution in [1.82, 2.24) is 10.2 Å². The van der Waals surface area contributed by atoms with Gasteiger partial charge in [0.25, 0.3) is 0 Å². The number of carbonyl (C=O) groups is 3. The van der Waals surface area contributed by atoms with E-state index in [0.717, 1.165) is 18.4 Å². The molecular formula is C33H43N3O6. The number of carbonyl (C=O) groups excluding carboxylic acids is 3. The van der Waals surface area contributed by atoms with Gasteiger partial charge in [0.1, 0.15) is 17.4 Å². The van der Waals surface area contributed by atoms with E-state index in [1.165, 1.54) is 0 Å². The molecule has 3 aliphatic heterocycles. The van der Waals surface area contributed by atoms with Crippen molar-refractivity contribution in [2.24, 2.45) is 17.8 Å². The summed E-state index contributed by atoms with van der Waals surface area (Å²) in [6.07, 6.45) is 3.60. The molecule has 0 aliphatic carbocycles. The number of nitrogens with one attached hydrogen (secondary N) is 2. The summed E-state index contributed by atoms with van der Waals surface area (Å²) in [5.41, 5.74) is -0.400. The van der Waals surface area contributed by atoms with Crippen LogP contribution < -0.4 is 15.4 Å². The largest absolute Gasteiger partial charge is 0.494 e. The molecule has 6 atom stereocenters. The number of fused-ring (bicyclic) bond motifs is 1. The molecule has 42 heavy (non-hydrogen) atoms. The second-order valence-electron chi connectivity index (χ2n) is 12.0. The van der Waals surface area contributed by atoms with Crippen molar-refractivity contribution >= 4 is 23.4 Å². The Labute approximate surface area is 248 Å².